The Hall–Kier alpha value is -2.57. The zero-order valence-corrected chi connectivity index (χ0v) is 17.0. The normalized spacial score (nSPS) is 16.6. The summed E-state index contributed by atoms with van der Waals surface area (Å²) in [5.41, 5.74) is 1.47. The van der Waals surface area contributed by atoms with Crippen LogP contribution in [-0.4, -0.2) is 45.8 Å². The minimum Gasteiger partial charge on any atom is -0.497 e. The van der Waals surface area contributed by atoms with E-state index in [9.17, 15) is 0 Å². The molecular formula is C20H30N6O. The van der Waals surface area contributed by atoms with Gasteiger partial charge in [-0.1, -0.05) is 26.0 Å². The molecule has 1 N–H and O–H groups in total. The topological polar surface area (TPSA) is 67.6 Å². The Kier molecular flexibility index (Phi) is 5.68. The SMILES string of the molecule is COc1ccc(CN=C(NCc2nnc(C)n2C)N2CCC(C)(C)C2)cc1. The van der Waals surface area contributed by atoms with Crippen molar-refractivity contribution in [3.05, 3.63) is 41.5 Å². The van der Waals surface area contributed by atoms with E-state index in [2.05, 4.69) is 46.4 Å². The first-order chi connectivity index (χ1) is 12.9. The molecule has 0 saturated carbocycles. The van der Waals surface area contributed by atoms with Crippen LogP contribution in [0.1, 0.15) is 37.5 Å². The molecule has 1 saturated heterocycles. The molecule has 146 valence electrons. The summed E-state index contributed by atoms with van der Waals surface area (Å²) < 4.78 is 7.23. The van der Waals surface area contributed by atoms with Gasteiger partial charge in [0.05, 0.1) is 20.2 Å². The number of nitrogens with zero attached hydrogens (tertiary/aromatic N) is 5. The number of ether oxygens (including phenoxy) is 1. The first-order valence-corrected chi connectivity index (χ1v) is 9.39. The van der Waals surface area contributed by atoms with E-state index in [1.165, 1.54) is 6.42 Å². The second-order valence-electron chi connectivity index (χ2n) is 7.90. The van der Waals surface area contributed by atoms with E-state index in [-0.39, 0.29) is 0 Å². The van der Waals surface area contributed by atoms with Crippen LogP contribution in [0, 0.1) is 12.3 Å². The van der Waals surface area contributed by atoms with Crippen LogP contribution in [0.2, 0.25) is 0 Å². The highest BCUT2D eigenvalue weighted by molar-refractivity contribution is 5.80. The van der Waals surface area contributed by atoms with E-state index < -0.39 is 0 Å². The van der Waals surface area contributed by atoms with Gasteiger partial charge >= 0.3 is 0 Å². The maximum absolute atomic E-state index is 5.23. The predicted octanol–water partition coefficient (Wildman–Crippen LogP) is 2.51. The maximum Gasteiger partial charge on any atom is 0.194 e. The second-order valence-corrected chi connectivity index (χ2v) is 7.90. The number of likely N-dealkylation sites (tertiary alicyclic amines) is 1. The maximum atomic E-state index is 5.23. The van der Waals surface area contributed by atoms with Gasteiger partial charge in [-0.2, -0.15) is 0 Å². The van der Waals surface area contributed by atoms with E-state index in [0.717, 1.165) is 42.0 Å². The van der Waals surface area contributed by atoms with Crippen molar-refractivity contribution in [2.24, 2.45) is 17.5 Å². The van der Waals surface area contributed by atoms with Crippen molar-refractivity contribution >= 4 is 5.96 Å². The molecule has 7 heteroatoms. The number of methoxy groups -OCH3 is 1. The van der Waals surface area contributed by atoms with Crippen LogP contribution in [0.3, 0.4) is 0 Å². The summed E-state index contributed by atoms with van der Waals surface area (Å²) in [6.45, 7) is 9.81. The number of rotatable bonds is 5. The van der Waals surface area contributed by atoms with Crippen molar-refractivity contribution in [3.8, 4) is 5.75 Å². The molecule has 0 radical (unpaired) electrons. The van der Waals surface area contributed by atoms with E-state index in [0.29, 0.717) is 18.5 Å². The summed E-state index contributed by atoms with van der Waals surface area (Å²) in [6.07, 6.45) is 1.17. The standard InChI is InChI=1S/C20H30N6O/c1-15-23-24-18(25(15)4)13-22-19(26-11-10-20(2,3)14-26)21-12-16-6-8-17(27-5)9-7-16/h6-9H,10-14H2,1-5H3,(H,21,22). The van der Waals surface area contributed by atoms with Crippen LogP contribution in [-0.2, 0) is 20.1 Å². The van der Waals surface area contributed by atoms with Crippen LogP contribution in [0.25, 0.3) is 0 Å². The molecule has 0 unspecified atom stereocenters. The Morgan fingerprint density at radius 2 is 2.00 bits per heavy atom. The first-order valence-electron chi connectivity index (χ1n) is 9.39. The molecule has 0 spiro atoms. The van der Waals surface area contributed by atoms with Gasteiger partial charge in [0, 0.05) is 20.1 Å². The number of aliphatic imine (C=N–C) groups is 1. The smallest absolute Gasteiger partial charge is 0.194 e. The van der Waals surface area contributed by atoms with E-state index in [1.54, 1.807) is 7.11 Å². The third-order valence-electron chi connectivity index (χ3n) is 5.13. The summed E-state index contributed by atoms with van der Waals surface area (Å²) in [5.74, 6) is 3.60. The molecule has 2 heterocycles. The first kappa shape index (κ1) is 19.2. The van der Waals surface area contributed by atoms with Crippen LogP contribution in [0.5, 0.6) is 5.75 Å². The molecule has 1 aromatic carbocycles. The average molecular weight is 371 g/mol. The van der Waals surface area contributed by atoms with Gasteiger partial charge in [-0.3, -0.25) is 0 Å². The third-order valence-corrected chi connectivity index (χ3v) is 5.13. The molecule has 0 aliphatic carbocycles. The van der Waals surface area contributed by atoms with Gasteiger partial charge in [0.15, 0.2) is 11.8 Å². The molecule has 1 aromatic heterocycles. The second kappa shape index (κ2) is 7.98. The number of guanidine groups is 1. The summed E-state index contributed by atoms with van der Waals surface area (Å²) in [6, 6.07) is 8.05. The van der Waals surface area contributed by atoms with Gasteiger partial charge in [0.25, 0.3) is 0 Å². The molecule has 1 fully saturated rings. The minimum atomic E-state index is 0.309. The van der Waals surface area contributed by atoms with Gasteiger partial charge in [0.2, 0.25) is 0 Å². The fourth-order valence-corrected chi connectivity index (χ4v) is 3.22. The molecule has 27 heavy (non-hydrogen) atoms. The lowest BCUT2D eigenvalue weighted by Crippen LogP contribution is -2.41. The van der Waals surface area contributed by atoms with Crippen molar-refractivity contribution in [2.45, 2.75) is 40.3 Å². The Morgan fingerprint density at radius 1 is 1.26 bits per heavy atom. The monoisotopic (exact) mass is 370 g/mol. The highest BCUT2D eigenvalue weighted by Gasteiger charge is 2.31. The van der Waals surface area contributed by atoms with Crippen molar-refractivity contribution < 1.29 is 4.74 Å². The lowest BCUT2D eigenvalue weighted by atomic mass is 9.93. The third kappa shape index (κ3) is 4.78. The van der Waals surface area contributed by atoms with Crippen molar-refractivity contribution in [3.63, 3.8) is 0 Å². The van der Waals surface area contributed by atoms with Gasteiger partial charge in [-0.15, -0.1) is 10.2 Å². The number of benzene rings is 1. The largest absolute Gasteiger partial charge is 0.497 e. The number of aromatic nitrogens is 3. The van der Waals surface area contributed by atoms with Crippen LogP contribution >= 0.6 is 0 Å². The van der Waals surface area contributed by atoms with Crippen LogP contribution in [0.4, 0.5) is 0 Å². The number of hydrogen-bond acceptors (Lipinski definition) is 4. The Balaban J connectivity index is 1.73. The quantitative estimate of drug-likeness (QED) is 0.647. The zero-order valence-electron chi connectivity index (χ0n) is 17.0. The highest BCUT2D eigenvalue weighted by Crippen LogP contribution is 2.28. The lowest BCUT2D eigenvalue weighted by Gasteiger charge is -2.24. The highest BCUT2D eigenvalue weighted by atomic mass is 16.5. The van der Waals surface area contributed by atoms with Gasteiger partial charge < -0.3 is 19.5 Å². The lowest BCUT2D eigenvalue weighted by molar-refractivity contribution is 0.369. The van der Waals surface area contributed by atoms with Gasteiger partial charge in [-0.25, -0.2) is 4.99 Å². The minimum absolute atomic E-state index is 0.309. The predicted molar refractivity (Wildman–Crippen MR) is 107 cm³/mol. The molecule has 0 amide bonds. The fraction of sp³-hybridized carbons (Fsp3) is 0.550. The van der Waals surface area contributed by atoms with E-state index >= 15 is 0 Å². The number of nitrogens with one attached hydrogen (secondary N) is 1. The van der Waals surface area contributed by atoms with Crippen LogP contribution < -0.4 is 10.1 Å². The Bertz CT molecular complexity index is 793. The van der Waals surface area contributed by atoms with E-state index in [4.69, 9.17) is 9.73 Å². The van der Waals surface area contributed by atoms with Crippen molar-refractivity contribution in [1.82, 2.24) is 25.0 Å². The van der Waals surface area contributed by atoms with Crippen molar-refractivity contribution in [2.75, 3.05) is 20.2 Å². The molecule has 3 rings (SSSR count). The number of hydrogen-bond donors (Lipinski definition) is 1. The summed E-state index contributed by atoms with van der Waals surface area (Å²) >= 11 is 0. The molecular weight excluding hydrogens is 340 g/mol. The Morgan fingerprint density at radius 3 is 2.56 bits per heavy atom. The van der Waals surface area contributed by atoms with Crippen LogP contribution in [0.15, 0.2) is 29.3 Å². The molecule has 1 aliphatic rings. The molecule has 7 nitrogen and oxygen atoms in total. The van der Waals surface area contributed by atoms with Gasteiger partial charge in [0.1, 0.15) is 11.6 Å². The zero-order chi connectivity index (χ0) is 19.4. The van der Waals surface area contributed by atoms with Crippen molar-refractivity contribution in [1.29, 1.82) is 0 Å². The average Bonchev–Trinajstić information content (AvgIpc) is 3.18. The summed E-state index contributed by atoms with van der Waals surface area (Å²) in [4.78, 5) is 7.22. The molecule has 1 aliphatic heterocycles. The Labute approximate surface area is 161 Å². The van der Waals surface area contributed by atoms with E-state index in [1.807, 2.05) is 30.7 Å². The van der Waals surface area contributed by atoms with Gasteiger partial charge in [-0.05, 0) is 36.5 Å². The number of aryl methyl sites for hydroxylation is 1. The molecule has 0 atom stereocenters. The molecule has 0 bridgehead atoms. The fourth-order valence-electron chi connectivity index (χ4n) is 3.22. The summed E-state index contributed by atoms with van der Waals surface area (Å²) in [5, 5.41) is 11.9. The summed E-state index contributed by atoms with van der Waals surface area (Å²) in [7, 11) is 3.66. The molecule has 2 aromatic rings.